The van der Waals surface area contributed by atoms with Crippen LogP contribution in [0.1, 0.15) is 6.42 Å². The zero-order valence-corrected chi connectivity index (χ0v) is 9.78. The van der Waals surface area contributed by atoms with Gasteiger partial charge in [-0.2, -0.15) is 0 Å². The number of carbonyl (C=O) groups is 1. The quantitative estimate of drug-likeness (QED) is 0.756. The summed E-state index contributed by atoms with van der Waals surface area (Å²) in [5, 5.41) is 15.0. The van der Waals surface area contributed by atoms with Crippen LogP contribution >= 0.6 is 0 Å². The molecule has 1 aliphatic heterocycles. The first-order valence-corrected chi connectivity index (χ1v) is 5.68. The van der Waals surface area contributed by atoms with Crippen molar-refractivity contribution in [2.24, 2.45) is 0 Å². The zero-order chi connectivity index (χ0) is 13.0. The SMILES string of the molecule is O=C(NC[C@]1(O)CCOC1)Nc1ccc(F)cc1. The van der Waals surface area contributed by atoms with E-state index in [9.17, 15) is 14.3 Å². The molecule has 0 aromatic heterocycles. The predicted octanol–water partition coefficient (Wildman–Crippen LogP) is 1.10. The number of amides is 2. The number of hydrogen-bond donors (Lipinski definition) is 3. The number of ether oxygens (including phenoxy) is 1. The lowest BCUT2D eigenvalue weighted by atomic mass is 10.0. The summed E-state index contributed by atoms with van der Waals surface area (Å²) < 4.78 is 17.7. The molecule has 1 saturated heterocycles. The van der Waals surface area contributed by atoms with Gasteiger partial charge in [0.05, 0.1) is 13.2 Å². The Kier molecular flexibility index (Phi) is 3.78. The maximum Gasteiger partial charge on any atom is 0.319 e. The summed E-state index contributed by atoms with van der Waals surface area (Å²) in [4.78, 5) is 11.5. The van der Waals surface area contributed by atoms with Gasteiger partial charge in [0.15, 0.2) is 0 Å². The van der Waals surface area contributed by atoms with E-state index in [2.05, 4.69) is 10.6 Å². The maximum absolute atomic E-state index is 12.7. The first-order chi connectivity index (χ1) is 8.57. The monoisotopic (exact) mass is 254 g/mol. The summed E-state index contributed by atoms with van der Waals surface area (Å²) in [6.45, 7) is 0.849. The van der Waals surface area contributed by atoms with E-state index < -0.39 is 11.6 Å². The highest BCUT2D eigenvalue weighted by atomic mass is 19.1. The highest BCUT2D eigenvalue weighted by molar-refractivity contribution is 5.89. The minimum atomic E-state index is -0.986. The van der Waals surface area contributed by atoms with Crippen molar-refractivity contribution in [2.45, 2.75) is 12.0 Å². The van der Waals surface area contributed by atoms with Gasteiger partial charge in [-0.3, -0.25) is 0 Å². The first-order valence-electron chi connectivity index (χ1n) is 5.68. The Labute approximate surface area is 104 Å². The molecule has 3 N–H and O–H groups in total. The molecule has 1 atom stereocenters. The van der Waals surface area contributed by atoms with E-state index in [1.54, 1.807) is 0 Å². The molecule has 0 aliphatic carbocycles. The van der Waals surface area contributed by atoms with E-state index in [4.69, 9.17) is 4.74 Å². The maximum atomic E-state index is 12.7. The minimum Gasteiger partial charge on any atom is -0.386 e. The Morgan fingerprint density at radius 1 is 1.44 bits per heavy atom. The summed E-state index contributed by atoms with van der Waals surface area (Å²) in [5.41, 5.74) is -0.497. The smallest absolute Gasteiger partial charge is 0.319 e. The molecule has 0 saturated carbocycles. The molecule has 0 spiro atoms. The molecule has 6 heteroatoms. The van der Waals surface area contributed by atoms with Crippen LogP contribution in [0, 0.1) is 5.82 Å². The Bertz CT molecular complexity index is 416. The van der Waals surface area contributed by atoms with E-state index >= 15 is 0 Å². The first kappa shape index (κ1) is 12.8. The highest BCUT2D eigenvalue weighted by Crippen LogP contribution is 2.17. The topological polar surface area (TPSA) is 70.6 Å². The van der Waals surface area contributed by atoms with Gasteiger partial charge >= 0.3 is 6.03 Å². The van der Waals surface area contributed by atoms with Gasteiger partial charge in [0.1, 0.15) is 11.4 Å². The van der Waals surface area contributed by atoms with Crippen molar-refractivity contribution in [1.82, 2.24) is 5.32 Å². The van der Waals surface area contributed by atoms with Crippen LogP contribution < -0.4 is 10.6 Å². The van der Waals surface area contributed by atoms with Gasteiger partial charge in [-0.1, -0.05) is 0 Å². The lowest BCUT2D eigenvalue weighted by molar-refractivity contribution is 0.0295. The van der Waals surface area contributed by atoms with Crippen molar-refractivity contribution in [2.75, 3.05) is 25.1 Å². The molecule has 2 rings (SSSR count). The number of anilines is 1. The van der Waals surface area contributed by atoms with Gasteiger partial charge in [0.25, 0.3) is 0 Å². The molecule has 0 unspecified atom stereocenters. The van der Waals surface area contributed by atoms with Gasteiger partial charge in [-0.15, -0.1) is 0 Å². The third-order valence-corrected chi connectivity index (χ3v) is 2.76. The van der Waals surface area contributed by atoms with Gasteiger partial charge in [0, 0.05) is 18.7 Å². The van der Waals surface area contributed by atoms with Crippen molar-refractivity contribution in [3.05, 3.63) is 30.1 Å². The molecule has 0 radical (unpaired) electrons. The molecular formula is C12H15FN2O3. The second-order valence-corrected chi connectivity index (χ2v) is 4.34. The third-order valence-electron chi connectivity index (χ3n) is 2.76. The van der Waals surface area contributed by atoms with Crippen molar-refractivity contribution in [3.63, 3.8) is 0 Å². The lowest BCUT2D eigenvalue weighted by Crippen LogP contribution is -2.44. The van der Waals surface area contributed by atoms with Gasteiger partial charge in [-0.25, -0.2) is 9.18 Å². The summed E-state index contributed by atoms with van der Waals surface area (Å²) in [6, 6.07) is 4.99. The summed E-state index contributed by atoms with van der Waals surface area (Å²) in [5.74, 6) is -0.363. The number of carbonyl (C=O) groups excluding carboxylic acids is 1. The van der Waals surface area contributed by atoms with Crippen LogP contribution in [0.15, 0.2) is 24.3 Å². The number of hydrogen-bond acceptors (Lipinski definition) is 3. The second kappa shape index (κ2) is 5.32. The third kappa shape index (κ3) is 3.41. The summed E-state index contributed by atoms with van der Waals surface area (Å²) in [6.07, 6.45) is 0.504. The van der Waals surface area contributed by atoms with Crippen molar-refractivity contribution < 1.29 is 19.0 Å². The number of halogens is 1. The Hall–Kier alpha value is -1.66. The van der Waals surface area contributed by atoms with Crippen molar-refractivity contribution in [1.29, 1.82) is 0 Å². The fraction of sp³-hybridized carbons (Fsp3) is 0.417. The standard InChI is InChI=1S/C12H15FN2O3/c13-9-1-3-10(4-2-9)15-11(16)14-7-12(17)5-6-18-8-12/h1-4,17H,5-8H2,(H2,14,15,16)/t12-/m1/s1. The number of urea groups is 1. The Morgan fingerprint density at radius 3 is 2.78 bits per heavy atom. The number of aliphatic hydroxyl groups is 1. The molecule has 98 valence electrons. The molecule has 5 nitrogen and oxygen atoms in total. The molecule has 1 aromatic rings. The molecular weight excluding hydrogens is 239 g/mol. The largest absolute Gasteiger partial charge is 0.386 e. The highest BCUT2D eigenvalue weighted by Gasteiger charge is 2.32. The number of nitrogens with one attached hydrogen (secondary N) is 2. The van der Waals surface area contributed by atoms with Crippen molar-refractivity contribution >= 4 is 11.7 Å². The Morgan fingerprint density at radius 2 is 2.17 bits per heavy atom. The van der Waals surface area contributed by atoms with E-state index in [1.807, 2.05) is 0 Å². The van der Waals surface area contributed by atoms with E-state index in [1.165, 1.54) is 24.3 Å². The zero-order valence-electron chi connectivity index (χ0n) is 9.78. The average Bonchev–Trinajstić information content (AvgIpc) is 2.78. The second-order valence-electron chi connectivity index (χ2n) is 4.34. The van der Waals surface area contributed by atoms with Crippen LogP contribution in [0.3, 0.4) is 0 Å². The summed E-state index contributed by atoms with van der Waals surface area (Å²) >= 11 is 0. The van der Waals surface area contributed by atoms with Gasteiger partial charge in [0.2, 0.25) is 0 Å². The number of rotatable bonds is 3. The molecule has 1 heterocycles. The molecule has 1 aromatic carbocycles. The van der Waals surface area contributed by atoms with E-state index in [0.29, 0.717) is 18.7 Å². The average molecular weight is 254 g/mol. The lowest BCUT2D eigenvalue weighted by Gasteiger charge is -2.20. The van der Waals surface area contributed by atoms with E-state index in [0.717, 1.165) is 0 Å². The van der Waals surface area contributed by atoms with Crippen LogP contribution in [0.2, 0.25) is 0 Å². The predicted molar refractivity (Wildman–Crippen MR) is 63.8 cm³/mol. The van der Waals surface area contributed by atoms with E-state index in [-0.39, 0.29) is 19.0 Å². The minimum absolute atomic E-state index is 0.125. The van der Waals surface area contributed by atoms with Crippen LogP contribution in [0.4, 0.5) is 14.9 Å². The fourth-order valence-corrected chi connectivity index (χ4v) is 1.69. The van der Waals surface area contributed by atoms with Crippen molar-refractivity contribution in [3.8, 4) is 0 Å². The Balaban J connectivity index is 1.80. The van der Waals surface area contributed by atoms with Crippen LogP contribution in [-0.4, -0.2) is 36.5 Å². The fourth-order valence-electron chi connectivity index (χ4n) is 1.69. The van der Waals surface area contributed by atoms with Crippen LogP contribution in [-0.2, 0) is 4.74 Å². The molecule has 18 heavy (non-hydrogen) atoms. The number of benzene rings is 1. The molecule has 2 amide bonds. The van der Waals surface area contributed by atoms with Gasteiger partial charge < -0.3 is 20.5 Å². The molecule has 1 aliphatic rings. The van der Waals surface area contributed by atoms with Crippen LogP contribution in [0.5, 0.6) is 0 Å². The molecule has 0 bridgehead atoms. The van der Waals surface area contributed by atoms with Gasteiger partial charge in [-0.05, 0) is 24.3 Å². The summed E-state index contributed by atoms with van der Waals surface area (Å²) in [7, 11) is 0. The molecule has 1 fully saturated rings. The normalized spacial score (nSPS) is 22.8. The van der Waals surface area contributed by atoms with Crippen LogP contribution in [0.25, 0.3) is 0 Å².